The van der Waals surface area contributed by atoms with Gasteiger partial charge in [-0.1, -0.05) is 22.9 Å². The number of hydrogen-bond donors (Lipinski definition) is 1. The lowest BCUT2D eigenvalue weighted by molar-refractivity contribution is -0.137. The Kier molecular flexibility index (Phi) is 6.18. The first-order valence-electron chi connectivity index (χ1n) is 5.88. The standard InChI is InChI=1S/C12H15Br2NO4S/c1-3-8(2)15(7-12(16)17)20(18,19)11-5-4-9(13)6-10(11)14/h4-6,8H,3,7H2,1-2H3,(H,16,17). The van der Waals surface area contributed by atoms with E-state index in [0.717, 1.165) is 8.78 Å². The fourth-order valence-corrected chi connectivity index (χ4v) is 4.99. The second-order valence-electron chi connectivity index (χ2n) is 4.28. The van der Waals surface area contributed by atoms with Crippen molar-refractivity contribution in [2.75, 3.05) is 6.54 Å². The minimum atomic E-state index is -3.87. The number of benzene rings is 1. The highest BCUT2D eigenvalue weighted by Gasteiger charge is 2.31. The topological polar surface area (TPSA) is 74.7 Å². The molecule has 0 amide bonds. The zero-order valence-corrected chi connectivity index (χ0v) is 15.0. The molecule has 1 N–H and O–H groups in total. The van der Waals surface area contributed by atoms with Gasteiger partial charge in [-0.05, 0) is 47.5 Å². The van der Waals surface area contributed by atoms with Crippen molar-refractivity contribution in [2.45, 2.75) is 31.2 Å². The predicted molar refractivity (Wildman–Crippen MR) is 83.1 cm³/mol. The van der Waals surface area contributed by atoms with Crippen LogP contribution in [0.3, 0.4) is 0 Å². The molecule has 0 aliphatic rings. The fraction of sp³-hybridized carbons (Fsp3) is 0.417. The summed E-state index contributed by atoms with van der Waals surface area (Å²) in [6.45, 7) is 2.94. The summed E-state index contributed by atoms with van der Waals surface area (Å²) in [5.74, 6) is -1.18. The summed E-state index contributed by atoms with van der Waals surface area (Å²) in [6.07, 6.45) is 0.528. The van der Waals surface area contributed by atoms with Crippen LogP contribution in [0, 0.1) is 0 Å². The van der Waals surface area contributed by atoms with Crippen molar-refractivity contribution < 1.29 is 18.3 Å². The maximum atomic E-state index is 12.6. The molecule has 0 fully saturated rings. The summed E-state index contributed by atoms with van der Waals surface area (Å²) in [6, 6.07) is 4.27. The molecule has 1 aromatic carbocycles. The van der Waals surface area contributed by atoms with Gasteiger partial charge in [-0.3, -0.25) is 4.79 Å². The number of carboxylic acid groups (broad SMARTS) is 1. The van der Waals surface area contributed by atoms with Gasteiger partial charge >= 0.3 is 5.97 Å². The van der Waals surface area contributed by atoms with E-state index in [2.05, 4.69) is 31.9 Å². The van der Waals surface area contributed by atoms with E-state index in [1.54, 1.807) is 19.1 Å². The molecular formula is C12H15Br2NO4S. The highest BCUT2D eigenvalue weighted by Crippen LogP contribution is 2.29. The van der Waals surface area contributed by atoms with Gasteiger partial charge in [0, 0.05) is 15.0 Å². The van der Waals surface area contributed by atoms with Gasteiger partial charge in [0.2, 0.25) is 10.0 Å². The Balaban J connectivity index is 3.32. The molecule has 5 nitrogen and oxygen atoms in total. The van der Waals surface area contributed by atoms with Crippen molar-refractivity contribution >= 4 is 47.9 Å². The number of nitrogens with zero attached hydrogens (tertiary/aromatic N) is 1. The van der Waals surface area contributed by atoms with Crippen LogP contribution in [-0.4, -0.2) is 36.4 Å². The first-order chi connectivity index (χ1) is 9.20. The smallest absolute Gasteiger partial charge is 0.318 e. The number of aliphatic carboxylic acids is 1. The fourth-order valence-electron chi connectivity index (χ4n) is 1.63. The molecule has 1 aromatic rings. The van der Waals surface area contributed by atoms with Crippen LogP contribution in [0.1, 0.15) is 20.3 Å². The molecule has 8 heteroatoms. The zero-order chi connectivity index (χ0) is 15.5. The average Bonchev–Trinajstić information content (AvgIpc) is 2.34. The first-order valence-corrected chi connectivity index (χ1v) is 8.91. The minimum absolute atomic E-state index is 0.0576. The molecular weight excluding hydrogens is 414 g/mol. The van der Waals surface area contributed by atoms with E-state index in [1.807, 2.05) is 6.92 Å². The van der Waals surface area contributed by atoms with E-state index >= 15 is 0 Å². The average molecular weight is 429 g/mol. The van der Waals surface area contributed by atoms with Gasteiger partial charge in [0.05, 0.1) is 4.90 Å². The highest BCUT2D eigenvalue weighted by atomic mass is 79.9. The normalized spacial score (nSPS) is 13.4. The first kappa shape index (κ1) is 17.6. The van der Waals surface area contributed by atoms with E-state index in [4.69, 9.17) is 5.11 Å². The summed E-state index contributed by atoms with van der Waals surface area (Å²) in [5, 5.41) is 8.93. The van der Waals surface area contributed by atoms with Crippen LogP contribution < -0.4 is 0 Å². The van der Waals surface area contributed by atoms with Crippen LogP contribution in [-0.2, 0) is 14.8 Å². The van der Waals surface area contributed by atoms with E-state index in [-0.39, 0.29) is 4.90 Å². The van der Waals surface area contributed by atoms with Crippen molar-refractivity contribution in [3.05, 3.63) is 27.1 Å². The third-order valence-corrected chi connectivity index (χ3v) is 6.28. The maximum Gasteiger partial charge on any atom is 0.318 e. The van der Waals surface area contributed by atoms with Crippen molar-refractivity contribution in [2.24, 2.45) is 0 Å². The Morgan fingerprint density at radius 2 is 2.00 bits per heavy atom. The van der Waals surface area contributed by atoms with Crippen LogP contribution in [0.5, 0.6) is 0 Å². The monoisotopic (exact) mass is 427 g/mol. The largest absolute Gasteiger partial charge is 0.480 e. The molecule has 0 radical (unpaired) electrons. The molecule has 0 aromatic heterocycles. The molecule has 112 valence electrons. The Morgan fingerprint density at radius 1 is 1.40 bits per heavy atom. The second-order valence-corrected chi connectivity index (χ2v) is 7.91. The Bertz CT molecular complexity index is 603. The number of sulfonamides is 1. The van der Waals surface area contributed by atoms with Crippen LogP contribution in [0.25, 0.3) is 0 Å². The van der Waals surface area contributed by atoms with Crippen molar-refractivity contribution in [3.63, 3.8) is 0 Å². The predicted octanol–water partition coefficient (Wildman–Crippen LogP) is 3.09. The van der Waals surface area contributed by atoms with Gasteiger partial charge in [0.15, 0.2) is 0 Å². The number of hydrogen-bond acceptors (Lipinski definition) is 3. The van der Waals surface area contributed by atoms with Crippen LogP contribution in [0.4, 0.5) is 0 Å². The summed E-state index contributed by atoms with van der Waals surface area (Å²) in [4.78, 5) is 11.0. The Hall–Kier alpha value is -0.440. The zero-order valence-electron chi connectivity index (χ0n) is 11.0. The number of carboxylic acids is 1. The molecule has 20 heavy (non-hydrogen) atoms. The molecule has 0 spiro atoms. The molecule has 0 aliphatic carbocycles. The minimum Gasteiger partial charge on any atom is -0.480 e. The number of halogens is 2. The van der Waals surface area contributed by atoms with Crippen molar-refractivity contribution in [3.8, 4) is 0 Å². The van der Waals surface area contributed by atoms with Gasteiger partial charge < -0.3 is 5.11 Å². The Morgan fingerprint density at radius 3 is 2.45 bits per heavy atom. The Labute approximate surface area is 135 Å². The van der Waals surface area contributed by atoms with Gasteiger partial charge in [0.1, 0.15) is 6.54 Å². The molecule has 0 heterocycles. The number of carbonyl (C=O) groups is 1. The quantitative estimate of drug-likeness (QED) is 0.755. The lowest BCUT2D eigenvalue weighted by atomic mass is 10.2. The van der Waals surface area contributed by atoms with Gasteiger partial charge in [0.25, 0.3) is 0 Å². The van der Waals surface area contributed by atoms with Gasteiger partial charge in [-0.15, -0.1) is 0 Å². The van der Waals surface area contributed by atoms with Crippen LogP contribution >= 0.6 is 31.9 Å². The van der Waals surface area contributed by atoms with Crippen molar-refractivity contribution in [1.29, 1.82) is 0 Å². The van der Waals surface area contributed by atoms with Gasteiger partial charge in [-0.25, -0.2) is 8.42 Å². The van der Waals surface area contributed by atoms with Crippen molar-refractivity contribution in [1.82, 2.24) is 4.31 Å². The third-order valence-electron chi connectivity index (χ3n) is 2.85. The summed E-state index contributed by atoms with van der Waals surface area (Å²) < 4.78 is 27.4. The SMILES string of the molecule is CCC(C)N(CC(=O)O)S(=O)(=O)c1ccc(Br)cc1Br. The lowest BCUT2D eigenvalue weighted by Crippen LogP contribution is -2.41. The molecule has 1 unspecified atom stereocenters. The van der Waals surface area contributed by atoms with E-state index in [9.17, 15) is 13.2 Å². The molecule has 0 saturated heterocycles. The number of rotatable bonds is 6. The van der Waals surface area contributed by atoms with E-state index in [0.29, 0.717) is 10.9 Å². The van der Waals surface area contributed by atoms with Crippen LogP contribution in [0.15, 0.2) is 32.0 Å². The van der Waals surface area contributed by atoms with Gasteiger partial charge in [-0.2, -0.15) is 4.31 Å². The molecule has 1 rings (SSSR count). The molecule has 0 bridgehead atoms. The molecule has 0 aliphatic heterocycles. The third kappa shape index (κ3) is 4.03. The summed E-state index contributed by atoms with van der Waals surface area (Å²) in [5.41, 5.74) is 0. The summed E-state index contributed by atoms with van der Waals surface area (Å²) in [7, 11) is -3.87. The van der Waals surface area contributed by atoms with E-state index < -0.39 is 28.6 Å². The molecule has 0 saturated carbocycles. The van der Waals surface area contributed by atoms with E-state index in [1.165, 1.54) is 6.07 Å². The highest BCUT2D eigenvalue weighted by molar-refractivity contribution is 9.11. The molecule has 1 atom stereocenters. The van der Waals surface area contributed by atoms with Crippen LogP contribution in [0.2, 0.25) is 0 Å². The second kappa shape index (κ2) is 7.02. The lowest BCUT2D eigenvalue weighted by Gasteiger charge is -2.26. The summed E-state index contributed by atoms with van der Waals surface area (Å²) >= 11 is 6.46. The maximum absolute atomic E-state index is 12.6.